The van der Waals surface area contributed by atoms with Gasteiger partial charge < -0.3 is 15.0 Å². The van der Waals surface area contributed by atoms with Crippen LogP contribution in [0.3, 0.4) is 0 Å². The van der Waals surface area contributed by atoms with Crippen LogP contribution in [0.4, 0.5) is 15.9 Å². The minimum Gasteiger partial charge on any atom is -0.392 e. The number of hydrogen-bond donors (Lipinski definition) is 2. The maximum absolute atomic E-state index is 15.3. The summed E-state index contributed by atoms with van der Waals surface area (Å²) < 4.78 is 41.2. The van der Waals surface area contributed by atoms with Crippen LogP contribution in [-0.4, -0.2) is 39.1 Å². The van der Waals surface area contributed by atoms with Gasteiger partial charge in [-0.1, -0.05) is 32.4 Å². The van der Waals surface area contributed by atoms with Gasteiger partial charge in [0.2, 0.25) is 0 Å². The molecule has 0 aliphatic heterocycles. The second-order valence-corrected chi connectivity index (χ2v) is 13.9. The molecule has 3 aromatic heterocycles. The third-order valence-corrected chi connectivity index (χ3v) is 8.52. The van der Waals surface area contributed by atoms with Crippen molar-refractivity contribution in [1.29, 1.82) is 0 Å². The summed E-state index contributed by atoms with van der Waals surface area (Å²) in [5.41, 5.74) is 0.572. The molecule has 0 fully saturated rings. The lowest BCUT2D eigenvalue weighted by Gasteiger charge is -2.20. The van der Waals surface area contributed by atoms with Gasteiger partial charge in [-0.3, -0.25) is 9.59 Å². The molecule has 3 heterocycles. The van der Waals surface area contributed by atoms with Crippen molar-refractivity contribution in [1.82, 2.24) is 19.3 Å². The van der Waals surface area contributed by atoms with E-state index in [1.807, 2.05) is 20.8 Å². The van der Waals surface area contributed by atoms with Gasteiger partial charge in [0, 0.05) is 47.2 Å². The molecule has 0 aliphatic rings. The highest BCUT2D eigenvalue weighted by atomic mass is 35.5. The largest absolute Gasteiger partial charge is 0.392 e. The number of nitrogens with one attached hydrogen (secondary N) is 1. The third kappa shape index (κ3) is 5.88. The number of hydrogen-bond acceptors (Lipinski definition) is 8. The third-order valence-electron chi connectivity index (χ3n) is 7.20. The molecule has 2 aromatic carbocycles. The highest BCUT2D eigenvalue weighted by Gasteiger charge is 2.21. The van der Waals surface area contributed by atoms with Gasteiger partial charge in [-0.05, 0) is 59.0 Å². The molecule has 0 aliphatic carbocycles. The van der Waals surface area contributed by atoms with Crippen LogP contribution >= 0.6 is 11.6 Å². The van der Waals surface area contributed by atoms with E-state index in [0.29, 0.717) is 22.1 Å². The summed E-state index contributed by atoms with van der Waals surface area (Å²) in [6, 6.07) is 10.4. The van der Waals surface area contributed by atoms with Crippen molar-refractivity contribution in [3.8, 4) is 16.8 Å². The van der Waals surface area contributed by atoms with E-state index < -0.39 is 33.4 Å². The van der Waals surface area contributed by atoms with Crippen molar-refractivity contribution in [3.63, 3.8) is 0 Å². The molecule has 0 radical (unpaired) electrons. The Labute approximate surface area is 257 Å². The van der Waals surface area contributed by atoms with Gasteiger partial charge >= 0.3 is 0 Å². The number of pyridine rings is 2. The second-order valence-electron chi connectivity index (χ2n) is 11.5. The lowest BCUT2D eigenvalue weighted by Crippen LogP contribution is -2.24. The van der Waals surface area contributed by atoms with Crippen molar-refractivity contribution >= 4 is 43.7 Å². The zero-order valence-electron chi connectivity index (χ0n) is 24.5. The fourth-order valence-electron chi connectivity index (χ4n) is 4.83. The van der Waals surface area contributed by atoms with Gasteiger partial charge in [-0.25, -0.2) is 17.8 Å². The van der Waals surface area contributed by atoms with Crippen LogP contribution in [0.25, 0.3) is 27.6 Å². The molecule has 0 bridgehead atoms. The van der Waals surface area contributed by atoms with Crippen LogP contribution in [-0.2, 0) is 28.9 Å². The minimum atomic E-state index is -3.46. The van der Waals surface area contributed by atoms with Crippen molar-refractivity contribution < 1.29 is 17.9 Å². The van der Waals surface area contributed by atoms with Gasteiger partial charge in [-0.15, -0.1) is 0 Å². The number of aromatic nitrogens is 4. The summed E-state index contributed by atoms with van der Waals surface area (Å²) in [7, 11) is -1.92. The number of nitrogens with zero attached hydrogens (tertiary/aromatic N) is 4. The minimum absolute atomic E-state index is 0.0239. The number of fused-ring (bicyclic) bond motifs is 1. The first kappa shape index (κ1) is 31.0. The summed E-state index contributed by atoms with van der Waals surface area (Å²) >= 11 is 6.50. The standard InChI is InChI=1S/C31H29ClFN5O5S/c1-31(2,3)19-8-17-13-35-38(30(41)28(17)24(33)10-19)26-12-20(32)11-22(23(26)16-39)18-9-25(29(40)37(4)15-18)36-27-7-6-21(14-34-27)44(5,42)43/h6-15,39H,16H2,1-5H3,(H,34,36). The van der Waals surface area contributed by atoms with E-state index in [0.717, 1.165) is 10.9 Å². The number of halogens is 2. The summed E-state index contributed by atoms with van der Waals surface area (Å²) in [5.74, 6) is -0.460. The van der Waals surface area contributed by atoms with E-state index in [9.17, 15) is 23.1 Å². The first-order valence-electron chi connectivity index (χ1n) is 13.4. The van der Waals surface area contributed by atoms with Crippen LogP contribution in [0.15, 0.2) is 75.5 Å². The highest BCUT2D eigenvalue weighted by molar-refractivity contribution is 7.90. The van der Waals surface area contributed by atoms with Crippen LogP contribution in [0, 0.1) is 5.82 Å². The summed E-state index contributed by atoms with van der Waals surface area (Å²) in [6.45, 7) is 5.28. The predicted octanol–water partition coefficient (Wildman–Crippen LogP) is 4.88. The van der Waals surface area contributed by atoms with Crippen molar-refractivity contribution in [2.45, 2.75) is 37.7 Å². The highest BCUT2D eigenvalue weighted by Crippen LogP contribution is 2.33. The smallest absolute Gasteiger partial charge is 0.282 e. The number of aliphatic hydroxyl groups is 1. The number of benzene rings is 2. The molecule has 0 atom stereocenters. The Morgan fingerprint density at radius 1 is 1.05 bits per heavy atom. The zero-order chi connectivity index (χ0) is 32.1. The maximum Gasteiger partial charge on any atom is 0.282 e. The Kier molecular flexibility index (Phi) is 7.95. The van der Waals surface area contributed by atoms with E-state index in [1.54, 1.807) is 12.1 Å². The lowest BCUT2D eigenvalue weighted by molar-refractivity contribution is 0.282. The molecule has 5 rings (SSSR count). The van der Waals surface area contributed by atoms with Gasteiger partial charge in [0.15, 0.2) is 9.84 Å². The van der Waals surface area contributed by atoms with Crippen molar-refractivity contribution in [3.05, 3.63) is 104 Å². The quantitative estimate of drug-likeness (QED) is 0.269. The molecule has 0 amide bonds. The number of sulfone groups is 1. The van der Waals surface area contributed by atoms with Crippen LogP contribution in [0.5, 0.6) is 0 Å². The number of aryl methyl sites for hydroxylation is 1. The van der Waals surface area contributed by atoms with Gasteiger partial charge in [0.05, 0.1) is 28.8 Å². The maximum atomic E-state index is 15.3. The molecular weight excluding hydrogens is 609 g/mol. The first-order valence-corrected chi connectivity index (χ1v) is 15.7. The molecule has 10 nitrogen and oxygen atoms in total. The fourth-order valence-corrected chi connectivity index (χ4v) is 5.61. The SMILES string of the molecule is Cn1cc(-c2cc(Cl)cc(-n3ncc4cc(C(C)(C)C)cc(F)c4c3=O)c2CO)cc(Nc2ccc(S(C)(=O)=O)cn2)c1=O. The Bertz CT molecular complexity index is 2170. The Morgan fingerprint density at radius 3 is 2.39 bits per heavy atom. The molecule has 0 unspecified atom stereocenters. The zero-order valence-corrected chi connectivity index (χ0v) is 26.1. The summed E-state index contributed by atoms with van der Waals surface area (Å²) in [5, 5.41) is 18.1. The number of anilines is 2. The fraction of sp³-hybridized carbons (Fsp3) is 0.226. The molecule has 0 saturated carbocycles. The van der Waals surface area contributed by atoms with Crippen LogP contribution < -0.4 is 16.4 Å². The van der Waals surface area contributed by atoms with E-state index in [4.69, 9.17) is 11.6 Å². The monoisotopic (exact) mass is 637 g/mol. The average molecular weight is 638 g/mol. The van der Waals surface area contributed by atoms with Crippen LogP contribution in [0.2, 0.25) is 5.02 Å². The molecule has 44 heavy (non-hydrogen) atoms. The molecule has 2 N–H and O–H groups in total. The predicted molar refractivity (Wildman–Crippen MR) is 168 cm³/mol. The van der Waals surface area contributed by atoms with Gasteiger partial charge in [-0.2, -0.15) is 9.78 Å². The molecule has 228 valence electrons. The van der Waals surface area contributed by atoms with Gasteiger partial charge in [0.1, 0.15) is 17.3 Å². The van der Waals surface area contributed by atoms with E-state index in [1.165, 1.54) is 60.5 Å². The normalized spacial score (nSPS) is 12.1. The molecule has 13 heteroatoms. The lowest BCUT2D eigenvalue weighted by atomic mass is 9.86. The first-order chi connectivity index (χ1) is 20.6. The molecule has 5 aromatic rings. The Hall–Kier alpha value is -4.39. The second kappa shape index (κ2) is 11.3. The summed E-state index contributed by atoms with van der Waals surface area (Å²) in [6.07, 6.45) is 5.18. The van der Waals surface area contributed by atoms with Crippen LogP contribution in [0.1, 0.15) is 31.9 Å². The van der Waals surface area contributed by atoms with E-state index in [2.05, 4.69) is 15.4 Å². The van der Waals surface area contributed by atoms with E-state index in [-0.39, 0.29) is 43.5 Å². The molecule has 0 saturated heterocycles. The molecule has 0 spiro atoms. The number of aliphatic hydroxyl groups excluding tert-OH is 1. The average Bonchev–Trinajstić information content (AvgIpc) is 2.94. The number of rotatable bonds is 6. The van der Waals surface area contributed by atoms with E-state index >= 15 is 4.39 Å². The topological polar surface area (TPSA) is 136 Å². The Balaban J connectivity index is 1.65. The van der Waals surface area contributed by atoms with Crippen molar-refractivity contribution in [2.24, 2.45) is 7.05 Å². The van der Waals surface area contributed by atoms with Crippen molar-refractivity contribution in [2.75, 3.05) is 11.6 Å². The molecular formula is C31H29ClFN5O5S. The van der Waals surface area contributed by atoms with Gasteiger partial charge in [0.25, 0.3) is 11.1 Å². The summed E-state index contributed by atoms with van der Waals surface area (Å²) in [4.78, 5) is 30.7. The Morgan fingerprint density at radius 2 is 1.77 bits per heavy atom.